The van der Waals surface area contributed by atoms with Crippen molar-refractivity contribution in [1.82, 2.24) is 0 Å². The van der Waals surface area contributed by atoms with Crippen LogP contribution in [0.15, 0.2) is 35.3 Å². The van der Waals surface area contributed by atoms with E-state index in [2.05, 4.69) is 32.2 Å². The Bertz CT molecular complexity index is 225. The first-order chi connectivity index (χ1) is 7.36. The molecule has 4 radical (unpaired) electrons. The third-order valence-corrected chi connectivity index (χ3v) is 1.86. The van der Waals surface area contributed by atoms with Crippen LogP contribution >= 0.6 is 0 Å². The molecule has 2 aliphatic rings. The van der Waals surface area contributed by atoms with Crippen LogP contribution in [-0.4, -0.2) is 15.7 Å². The van der Waals surface area contributed by atoms with Gasteiger partial charge in [-0.2, -0.15) is 0 Å². The summed E-state index contributed by atoms with van der Waals surface area (Å²) >= 11 is 0. The predicted molar refractivity (Wildman–Crippen MR) is 73.5 cm³/mol. The molecule has 1 atom stereocenters. The monoisotopic (exact) mass is 200 g/mol. The van der Waals surface area contributed by atoms with Crippen molar-refractivity contribution in [2.24, 2.45) is 5.92 Å². The molecule has 15 heavy (non-hydrogen) atoms. The maximum Gasteiger partial charge on any atom is 0.107 e. The number of rotatable bonds is 0. The molecule has 80 valence electrons. The van der Waals surface area contributed by atoms with Crippen LogP contribution in [0.2, 0.25) is 6.82 Å². The lowest BCUT2D eigenvalue weighted by molar-refractivity contribution is 1.01. The summed E-state index contributed by atoms with van der Waals surface area (Å²) in [6.07, 6.45) is 9.53. The molecule has 1 unspecified atom stereocenters. The second-order valence-corrected chi connectivity index (χ2v) is 2.57. The van der Waals surface area contributed by atoms with E-state index in [0.29, 0.717) is 5.92 Å². The number of hydrogen-bond donors (Lipinski definition) is 0. The van der Waals surface area contributed by atoms with E-state index in [9.17, 15) is 0 Å². The molecule has 2 heteroatoms. The van der Waals surface area contributed by atoms with Crippen LogP contribution in [0.5, 0.6) is 0 Å². The SMILES string of the molecule is CC.CC.[B]C.[B]C1=CC2C=CC=C2C1. The Morgan fingerprint density at radius 1 is 1.13 bits per heavy atom. The molecule has 0 spiro atoms. The minimum absolute atomic E-state index is 0.546. The highest BCUT2D eigenvalue weighted by Gasteiger charge is 2.17. The molecule has 0 aromatic carbocycles. The molecule has 0 aromatic rings. The Hall–Kier alpha value is -0.650. The topological polar surface area (TPSA) is 0 Å². The molecule has 2 aliphatic carbocycles. The highest BCUT2D eigenvalue weighted by molar-refractivity contribution is 6.22. The minimum atomic E-state index is 0.546. The van der Waals surface area contributed by atoms with Crippen molar-refractivity contribution in [2.75, 3.05) is 0 Å². The molecule has 0 amide bonds. The average Bonchev–Trinajstić information content (AvgIpc) is 2.86. The van der Waals surface area contributed by atoms with Crippen LogP contribution in [0, 0.1) is 5.92 Å². The predicted octanol–water partition coefficient (Wildman–Crippen LogP) is 3.81. The molecule has 0 N–H and O–H groups in total. The van der Waals surface area contributed by atoms with Gasteiger partial charge in [-0.1, -0.05) is 64.4 Å². The maximum atomic E-state index is 5.61. The highest BCUT2D eigenvalue weighted by Crippen LogP contribution is 2.32. The van der Waals surface area contributed by atoms with Crippen molar-refractivity contribution in [3.63, 3.8) is 0 Å². The van der Waals surface area contributed by atoms with Crippen molar-refractivity contribution in [3.05, 3.63) is 35.3 Å². The van der Waals surface area contributed by atoms with Crippen LogP contribution < -0.4 is 0 Å². The van der Waals surface area contributed by atoms with Gasteiger partial charge in [0.05, 0.1) is 7.85 Å². The first-order valence-electron chi connectivity index (χ1n) is 5.77. The quantitative estimate of drug-likeness (QED) is 0.521. The van der Waals surface area contributed by atoms with Gasteiger partial charge in [0.25, 0.3) is 0 Å². The zero-order valence-electron chi connectivity index (χ0n) is 10.7. The largest absolute Gasteiger partial charge is 0.117 e. The van der Waals surface area contributed by atoms with E-state index in [0.717, 1.165) is 11.9 Å². The summed E-state index contributed by atoms with van der Waals surface area (Å²) in [6, 6.07) is 0. The van der Waals surface area contributed by atoms with Gasteiger partial charge in [-0.15, -0.1) is 5.47 Å². The molecule has 0 fully saturated rings. The van der Waals surface area contributed by atoms with Gasteiger partial charge in [-0.25, -0.2) is 0 Å². The highest BCUT2D eigenvalue weighted by atomic mass is 14.2. The Balaban J connectivity index is 0. The smallest absolute Gasteiger partial charge is 0.107 e. The summed E-state index contributed by atoms with van der Waals surface area (Å²) < 4.78 is 0. The van der Waals surface area contributed by atoms with Gasteiger partial charge in [0, 0.05) is 5.92 Å². The van der Waals surface area contributed by atoms with Gasteiger partial charge < -0.3 is 0 Å². The second kappa shape index (κ2) is 11.4. The Morgan fingerprint density at radius 2 is 1.67 bits per heavy atom. The van der Waals surface area contributed by atoms with Gasteiger partial charge in [-0.05, 0) is 6.42 Å². The average molecular weight is 200 g/mol. The van der Waals surface area contributed by atoms with E-state index in [1.165, 1.54) is 12.4 Å². The van der Waals surface area contributed by atoms with Crippen LogP contribution in [0.3, 0.4) is 0 Å². The summed E-state index contributed by atoms with van der Waals surface area (Å²) in [5, 5.41) is 0. The number of allylic oxidation sites excluding steroid dienone is 6. The minimum Gasteiger partial charge on any atom is -0.117 e. The fourth-order valence-corrected chi connectivity index (χ4v) is 1.40. The first kappa shape index (κ1) is 16.8. The second-order valence-electron chi connectivity index (χ2n) is 2.57. The van der Waals surface area contributed by atoms with E-state index in [1.54, 1.807) is 0 Å². The third-order valence-electron chi connectivity index (χ3n) is 1.86. The molecule has 0 saturated heterocycles. The molecule has 0 aliphatic heterocycles. The van der Waals surface area contributed by atoms with Gasteiger partial charge in [0.1, 0.15) is 7.85 Å². The molecular weight excluding hydrogens is 178 g/mol. The van der Waals surface area contributed by atoms with Crippen molar-refractivity contribution < 1.29 is 0 Å². The number of fused-ring (bicyclic) bond motifs is 1. The van der Waals surface area contributed by atoms with Crippen LogP contribution in [-0.2, 0) is 0 Å². The van der Waals surface area contributed by atoms with Gasteiger partial charge >= 0.3 is 0 Å². The third kappa shape index (κ3) is 5.71. The lowest BCUT2D eigenvalue weighted by Gasteiger charge is -1.96. The zero-order valence-corrected chi connectivity index (χ0v) is 10.7. The lowest BCUT2D eigenvalue weighted by atomic mass is 9.95. The molecule has 0 aromatic heterocycles. The molecular formula is C13H22B2. The Morgan fingerprint density at radius 3 is 2.13 bits per heavy atom. The van der Waals surface area contributed by atoms with Gasteiger partial charge in [0.15, 0.2) is 0 Å². The summed E-state index contributed by atoms with van der Waals surface area (Å²) in [7, 11) is 10.1. The molecule has 0 bridgehead atoms. The van der Waals surface area contributed by atoms with E-state index >= 15 is 0 Å². The van der Waals surface area contributed by atoms with E-state index in [1.807, 2.05) is 27.7 Å². The van der Waals surface area contributed by atoms with Crippen LogP contribution in [0.4, 0.5) is 0 Å². The Labute approximate surface area is 98.4 Å². The fourth-order valence-electron chi connectivity index (χ4n) is 1.40. The summed E-state index contributed by atoms with van der Waals surface area (Å²) in [4.78, 5) is 0. The lowest BCUT2D eigenvalue weighted by Crippen LogP contribution is -1.83. The number of hydrogen-bond acceptors (Lipinski definition) is 0. The van der Waals surface area contributed by atoms with E-state index in [-0.39, 0.29) is 0 Å². The standard InChI is InChI=1S/C8H7B.2C2H6.CH3B/c9-8-4-6-2-1-3-7(6)5-8;3*1-2/h1-4,6H,5H2;2*1-2H3;1H3. The van der Waals surface area contributed by atoms with Crippen molar-refractivity contribution in [2.45, 2.75) is 40.9 Å². The maximum absolute atomic E-state index is 5.61. The van der Waals surface area contributed by atoms with Gasteiger partial charge in [0.2, 0.25) is 0 Å². The van der Waals surface area contributed by atoms with Crippen molar-refractivity contribution in [1.29, 1.82) is 0 Å². The van der Waals surface area contributed by atoms with Crippen LogP contribution in [0.1, 0.15) is 34.1 Å². The normalized spacial score (nSPS) is 19.1. The zero-order chi connectivity index (χ0) is 12.3. The summed E-state index contributed by atoms with van der Waals surface area (Å²) in [5.41, 5.74) is 2.48. The summed E-state index contributed by atoms with van der Waals surface area (Å²) in [5.74, 6) is 0.546. The first-order valence-corrected chi connectivity index (χ1v) is 5.77. The van der Waals surface area contributed by atoms with Crippen LogP contribution in [0.25, 0.3) is 0 Å². The summed E-state index contributed by atoms with van der Waals surface area (Å²) in [6.45, 7) is 9.50. The Kier molecular flexibility index (Phi) is 12.8. The molecule has 0 nitrogen and oxygen atoms in total. The van der Waals surface area contributed by atoms with Gasteiger partial charge in [-0.3, -0.25) is 0 Å². The fraction of sp³-hybridized carbons (Fsp3) is 0.538. The van der Waals surface area contributed by atoms with E-state index in [4.69, 9.17) is 7.85 Å². The molecule has 0 heterocycles. The van der Waals surface area contributed by atoms with E-state index < -0.39 is 0 Å². The van der Waals surface area contributed by atoms with Crippen molar-refractivity contribution in [3.8, 4) is 0 Å². The van der Waals surface area contributed by atoms with Crippen molar-refractivity contribution >= 4 is 15.7 Å². The molecule has 0 saturated carbocycles. The molecule has 2 rings (SSSR count).